The van der Waals surface area contributed by atoms with Crippen LogP contribution in [0, 0.1) is 11.3 Å². The molecular weight excluding hydrogens is 268 g/mol. The summed E-state index contributed by atoms with van der Waals surface area (Å²) in [6.07, 6.45) is 2.43. The van der Waals surface area contributed by atoms with Gasteiger partial charge in [-0.15, -0.1) is 0 Å². The van der Waals surface area contributed by atoms with Crippen LogP contribution >= 0.6 is 0 Å². The molecule has 0 aliphatic rings. The highest BCUT2D eigenvalue weighted by atomic mass is 16.5. The van der Waals surface area contributed by atoms with Gasteiger partial charge in [-0.05, 0) is 18.6 Å². The van der Waals surface area contributed by atoms with Gasteiger partial charge >= 0.3 is 0 Å². The van der Waals surface area contributed by atoms with Gasteiger partial charge in [-0.25, -0.2) is 9.97 Å². The minimum atomic E-state index is 0.403. The van der Waals surface area contributed by atoms with Crippen molar-refractivity contribution >= 4 is 5.82 Å². The average molecular weight is 284 g/mol. The van der Waals surface area contributed by atoms with Crippen molar-refractivity contribution in [1.29, 1.82) is 5.26 Å². The van der Waals surface area contributed by atoms with Gasteiger partial charge in [0.2, 0.25) is 5.88 Å². The fraction of sp³-hybridized carbons (Fsp3) is 0.267. The fourth-order valence-electron chi connectivity index (χ4n) is 1.68. The van der Waals surface area contributed by atoms with Crippen molar-refractivity contribution in [1.82, 2.24) is 9.97 Å². The Hall–Kier alpha value is -2.81. The topological polar surface area (TPSA) is 80.1 Å². The third-order valence-corrected chi connectivity index (χ3v) is 2.67. The first kappa shape index (κ1) is 14.6. The lowest BCUT2D eigenvalue weighted by atomic mass is 10.2. The molecule has 0 spiro atoms. The van der Waals surface area contributed by atoms with Gasteiger partial charge in [0.05, 0.1) is 18.7 Å². The molecule has 0 bridgehead atoms. The van der Waals surface area contributed by atoms with E-state index in [0.717, 1.165) is 13.0 Å². The molecule has 0 amide bonds. The van der Waals surface area contributed by atoms with Gasteiger partial charge in [0, 0.05) is 18.7 Å². The van der Waals surface area contributed by atoms with Gasteiger partial charge in [0.15, 0.2) is 0 Å². The summed E-state index contributed by atoms with van der Waals surface area (Å²) in [6, 6.07) is 8.74. The number of hydrogen-bond donors (Lipinski definition) is 1. The molecule has 1 aromatic carbocycles. The molecule has 6 nitrogen and oxygen atoms in total. The van der Waals surface area contributed by atoms with Crippen molar-refractivity contribution in [3.05, 3.63) is 36.2 Å². The lowest BCUT2D eigenvalue weighted by Gasteiger charge is -2.09. The highest BCUT2D eigenvalue weighted by Crippen LogP contribution is 2.26. The summed E-state index contributed by atoms with van der Waals surface area (Å²) >= 11 is 0. The number of nitrogens with zero attached hydrogens (tertiary/aromatic N) is 3. The Kier molecular flexibility index (Phi) is 4.94. The van der Waals surface area contributed by atoms with Gasteiger partial charge in [-0.2, -0.15) is 5.26 Å². The summed E-state index contributed by atoms with van der Waals surface area (Å²) < 4.78 is 10.8. The van der Waals surface area contributed by atoms with E-state index in [0.29, 0.717) is 28.8 Å². The predicted octanol–water partition coefficient (Wildman–Crippen LogP) is 2.97. The minimum Gasteiger partial charge on any atom is -0.497 e. The van der Waals surface area contributed by atoms with Gasteiger partial charge in [-0.3, -0.25) is 0 Å². The second kappa shape index (κ2) is 7.10. The third kappa shape index (κ3) is 4.08. The standard InChI is InChI=1S/C15H16N4O2/c1-3-4-17-14-8-15(19-10-18-14)21-13-6-11(9-16)5-12(7-13)20-2/h5-8,10H,3-4H2,1-2H3,(H,17,18,19). The van der Waals surface area contributed by atoms with Crippen molar-refractivity contribution in [2.45, 2.75) is 13.3 Å². The molecule has 0 saturated heterocycles. The number of anilines is 1. The number of rotatable bonds is 6. The second-order valence-electron chi connectivity index (χ2n) is 4.28. The molecule has 0 aliphatic carbocycles. The molecular formula is C15H16N4O2. The highest BCUT2D eigenvalue weighted by molar-refractivity contribution is 5.46. The number of hydrogen-bond acceptors (Lipinski definition) is 6. The maximum absolute atomic E-state index is 8.99. The summed E-state index contributed by atoms with van der Waals surface area (Å²) in [5, 5.41) is 12.2. The Bertz CT molecular complexity index is 652. The van der Waals surface area contributed by atoms with Crippen LogP contribution < -0.4 is 14.8 Å². The van der Waals surface area contributed by atoms with E-state index in [9.17, 15) is 0 Å². The van der Waals surface area contributed by atoms with E-state index >= 15 is 0 Å². The Morgan fingerprint density at radius 1 is 1.19 bits per heavy atom. The van der Waals surface area contributed by atoms with E-state index in [-0.39, 0.29) is 0 Å². The molecule has 0 unspecified atom stereocenters. The van der Waals surface area contributed by atoms with Crippen LogP contribution in [0.5, 0.6) is 17.4 Å². The first-order valence-corrected chi connectivity index (χ1v) is 6.58. The van der Waals surface area contributed by atoms with Crippen LogP contribution in [0.2, 0.25) is 0 Å². The summed E-state index contributed by atoms with van der Waals surface area (Å²) in [5.41, 5.74) is 0.461. The largest absolute Gasteiger partial charge is 0.497 e. The van der Waals surface area contributed by atoms with Crippen LogP contribution in [0.1, 0.15) is 18.9 Å². The number of nitrogens with one attached hydrogen (secondary N) is 1. The van der Waals surface area contributed by atoms with Crippen LogP contribution in [0.3, 0.4) is 0 Å². The normalized spacial score (nSPS) is 9.76. The van der Waals surface area contributed by atoms with E-state index in [1.807, 2.05) is 0 Å². The maximum atomic E-state index is 8.99. The van der Waals surface area contributed by atoms with Crippen LogP contribution in [0.25, 0.3) is 0 Å². The SMILES string of the molecule is CCCNc1cc(Oc2cc(C#N)cc(OC)c2)ncn1. The molecule has 0 atom stereocenters. The number of methoxy groups -OCH3 is 1. The van der Waals surface area contributed by atoms with Gasteiger partial charge < -0.3 is 14.8 Å². The number of nitriles is 1. The molecule has 1 heterocycles. The van der Waals surface area contributed by atoms with Crippen LogP contribution in [0.15, 0.2) is 30.6 Å². The lowest BCUT2D eigenvalue weighted by Crippen LogP contribution is -2.02. The fourth-order valence-corrected chi connectivity index (χ4v) is 1.68. The zero-order valence-corrected chi connectivity index (χ0v) is 12.0. The number of ether oxygens (including phenoxy) is 2. The molecule has 0 fully saturated rings. The van der Waals surface area contributed by atoms with Gasteiger partial charge in [0.1, 0.15) is 23.6 Å². The van der Waals surface area contributed by atoms with E-state index in [1.54, 1.807) is 24.3 Å². The van der Waals surface area contributed by atoms with Crippen LogP contribution in [-0.2, 0) is 0 Å². The Morgan fingerprint density at radius 3 is 2.71 bits per heavy atom. The highest BCUT2D eigenvalue weighted by Gasteiger charge is 2.05. The maximum Gasteiger partial charge on any atom is 0.224 e. The first-order valence-electron chi connectivity index (χ1n) is 6.58. The monoisotopic (exact) mass is 284 g/mol. The van der Waals surface area contributed by atoms with Crippen LogP contribution in [-0.4, -0.2) is 23.6 Å². The van der Waals surface area contributed by atoms with Gasteiger partial charge in [-0.1, -0.05) is 6.92 Å². The molecule has 0 aliphatic heterocycles. The molecule has 6 heteroatoms. The minimum absolute atomic E-state index is 0.403. The molecule has 2 aromatic rings. The second-order valence-corrected chi connectivity index (χ2v) is 4.28. The molecule has 1 N–H and O–H groups in total. The predicted molar refractivity (Wildman–Crippen MR) is 78.6 cm³/mol. The van der Waals surface area contributed by atoms with E-state index in [1.165, 1.54) is 13.4 Å². The Balaban J connectivity index is 2.19. The van der Waals surface area contributed by atoms with Crippen molar-refractivity contribution in [2.24, 2.45) is 0 Å². The number of benzene rings is 1. The van der Waals surface area contributed by atoms with Crippen molar-refractivity contribution in [3.63, 3.8) is 0 Å². The van der Waals surface area contributed by atoms with E-state index < -0.39 is 0 Å². The number of aromatic nitrogens is 2. The van der Waals surface area contributed by atoms with Crippen molar-refractivity contribution in [3.8, 4) is 23.4 Å². The molecule has 0 saturated carbocycles. The molecule has 1 aromatic heterocycles. The van der Waals surface area contributed by atoms with E-state index in [2.05, 4.69) is 28.3 Å². The summed E-state index contributed by atoms with van der Waals surface area (Å²) in [7, 11) is 1.54. The van der Waals surface area contributed by atoms with Gasteiger partial charge in [0.25, 0.3) is 0 Å². The lowest BCUT2D eigenvalue weighted by molar-refractivity contribution is 0.407. The first-order chi connectivity index (χ1) is 10.2. The molecule has 108 valence electrons. The quantitative estimate of drug-likeness (QED) is 0.878. The van der Waals surface area contributed by atoms with E-state index in [4.69, 9.17) is 14.7 Å². The third-order valence-electron chi connectivity index (χ3n) is 2.67. The molecule has 0 radical (unpaired) electrons. The van der Waals surface area contributed by atoms with Crippen molar-refractivity contribution in [2.75, 3.05) is 19.0 Å². The average Bonchev–Trinajstić information content (AvgIpc) is 2.52. The Morgan fingerprint density at radius 2 is 2.00 bits per heavy atom. The molecule has 2 rings (SSSR count). The summed E-state index contributed by atoms with van der Waals surface area (Å²) in [4.78, 5) is 8.16. The van der Waals surface area contributed by atoms with Crippen molar-refractivity contribution < 1.29 is 9.47 Å². The summed E-state index contributed by atoms with van der Waals surface area (Å²) in [5.74, 6) is 2.15. The zero-order chi connectivity index (χ0) is 15.1. The molecule has 21 heavy (non-hydrogen) atoms. The summed E-state index contributed by atoms with van der Waals surface area (Å²) in [6.45, 7) is 2.90. The zero-order valence-electron chi connectivity index (χ0n) is 12.0. The Labute approximate surface area is 123 Å². The smallest absolute Gasteiger partial charge is 0.224 e. The van der Waals surface area contributed by atoms with Crippen LogP contribution in [0.4, 0.5) is 5.82 Å².